The van der Waals surface area contributed by atoms with Crippen LogP contribution in [-0.4, -0.2) is 16.6 Å². The minimum absolute atomic E-state index is 0.0526. The van der Waals surface area contributed by atoms with E-state index >= 15 is 0 Å². The predicted octanol–water partition coefficient (Wildman–Crippen LogP) is 0.389. The third-order valence-electron chi connectivity index (χ3n) is 2.68. The average Bonchev–Trinajstić information content (AvgIpc) is 2.69. The van der Waals surface area contributed by atoms with E-state index in [-0.39, 0.29) is 18.2 Å². The standard InChI is InChI=1S/C10H15N3O2/c1-6-7(5-11)10(14)13-9(12-6)8-3-2-4-15-8/h8H,2-5,11H2,1H3,(H,12,13,14). The molecule has 2 heterocycles. The number of ether oxygens (including phenoxy) is 1. The smallest absolute Gasteiger partial charge is 0.255 e. The topological polar surface area (TPSA) is 81.0 Å². The van der Waals surface area contributed by atoms with Gasteiger partial charge >= 0.3 is 0 Å². The Kier molecular flexibility index (Phi) is 2.83. The van der Waals surface area contributed by atoms with E-state index in [4.69, 9.17) is 10.5 Å². The second kappa shape index (κ2) is 4.12. The van der Waals surface area contributed by atoms with Crippen molar-refractivity contribution >= 4 is 0 Å². The van der Waals surface area contributed by atoms with Gasteiger partial charge in [0.25, 0.3) is 5.56 Å². The van der Waals surface area contributed by atoms with Crippen molar-refractivity contribution in [1.29, 1.82) is 0 Å². The van der Waals surface area contributed by atoms with Gasteiger partial charge in [0.05, 0.1) is 5.56 Å². The monoisotopic (exact) mass is 209 g/mol. The summed E-state index contributed by atoms with van der Waals surface area (Å²) in [6, 6.07) is 0. The van der Waals surface area contributed by atoms with Gasteiger partial charge in [0.15, 0.2) is 0 Å². The van der Waals surface area contributed by atoms with Crippen LogP contribution in [0.5, 0.6) is 0 Å². The molecule has 1 fully saturated rings. The first-order chi connectivity index (χ1) is 7.22. The molecule has 0 spiro atoms. The summed E-state index contributed by atoms with van der Waals surface area (Å²) < 4.78 is 5.46. The maximum atomic E-state index is 11.6. The molecule has 3 N–H and O–H groups in total. The van der Waals surface area contributed by atoms with Crippen molar-refractivity contribution in [3.05, 3.63) is 27.4 Å². The van der Waals surface area contributed by atoms with Crippen LogP contribution in [-0.2, 0) is 11.3 Å². The number of hydrogen-bond acceptors (Lipinski definition) is 4. The second-order valence-corrected chi connectivity index (χ2v) is 3.72. The molecule has 1 atom stereocenters. The zero-order valence-electron chi connectivity index (χ0n) is 8.75. The Balaban J connectivity index is 2.38. The molecule has 5 heteroatoms. The summed E-state index contributed by atoms with van der Waals surface area (Å²) >= 11 is 0. The van der Waals surface area contributed by atoms with E-state index in [1.54, 1.807) is 6.92 Å². The van der Waals surface area contributed by atoms with Gasteiger partial charge < -0.3 is 15.5 Å². The highest BCUT2D eigenvalue weighted by atomic mass is 16.5. The fraction of sp³-hybridized carbons (Fsp3) is 0.600. The number of aromatic nitrogens is 2. The number of H-pyrrole nitrogens is 1. The van der Waals surface area contributed by atoms with E-state index < -0.39 is 0 Å². The summed E-state index contributed by atoms with van der Waals surface area (Å²) in [4.78, 5) is 18.7. The Labute approximate surface area is 87.7 Å². The van der Waals surface area contributed by atoms with E-state index in [1.165, 1.54) is 0 Å². The molecule has 1 aromatic heterocycles. The molecule has 0 bridgehead atoms. The molecule has 1 aliphatic heterocycles. The van der Waals surface area contributed by atoms with E-state index in [0.717, 1.165) is 19.4 Å². The van der Waals surface area contributed by atoms with Gasteiger partial charge in [0.1, 0.15) is 11.9 Å². The first-order valence-electron chi connectivity index (χ1n) is 5.13. The van der Waals surface area contributed by atoms with Gasteiger partial charge in [-0.15, -0.1) is 0 Å². The van der Waals surface area contributed by atoms with Crippen LogP contribution in [0.2, 0.25) is 0 Å². The van der Waals surface area contributed by atoms with Crippen molar-refractivity contribution in [2.24, 2.45) is 5.73 Å². The molecule has 15 heavy (non-hydrogen) atoms. The van der Waals surface area contributed by atoms with Gasteiger partial charge in [-0.2, -0.15) is 0 Å². The Morgan fingerprint density at radius 1 is 1.67 bits per heavy atom. The van der Waals surface area contributed by atoms with E-state index in [1.807, 2.05) is 0 Å². The molecular formula is C10H15N3O2. The number of aryl methyl sites for hydroxylation is 1. The predicted molar refractivity (Wildman–Crippen MR) is 55.4 cm³/mol. The fourth-order valence-corrected chi connectivity index (χ4v) is 1.82. The molecule has 5 nitrogen and oxygen atoms in total. The molecule has 1 aliphatic rings. The minimum Gasteiger partial charge on any atom is -0.370 e. The van der Waals surface area contributed by atoms with Crippen molar-refractivity contribution in [1.82, 2.24) is 9.97 Å². The summed E-state index contributed by atoms with van der Waals surface area (Å²) in [7, 11) is 0. The van der Waals surface area contributed by atoms with Gasteiger partial charge in [-0.05, 0) is 19.8 Å². The summed E-state index contributed by atoms with van der Waals surface area (Å²) in [5, 5.41) is 0. The van der Waals surface area contributed by atoms with Gasteiger partial charge in [-0.1, -0.05) is 0 Å². The van der Waals surface area contributed by atoms with Crippen molar-refractivity contribution in [3.8, 4) is 0 Å². The average molecular weight is 209 g/mol. The van der Waals surface area contributed by atoms with Crippen molar-refractivity contribution in [3.63, 3.8) is 0 Å². The first-order valence-corrected chi connectivity index (χ1v) is 5.13. The summed E-state index contributed by atoms with van der Waals surface area (Å²) in [6.45, 7) is 2.77. The quantitative estimate of drug-likeness (QED) is 0.738. The molecule has 0 saturated carbocycles. The van der Waals surface area contributed by atoms with Gasteiger partial charge in [0.2, 0.25) is 0 Å². The molecule has 1 saturated heterocycles. The molecule has 2 rings (SSSR count). The van der Waals surface area contributed by atoms with Crippen LogP contribution in [0.25, 0.3) is 0 Å². The Morgan fingerprint density at radius 3 is 3.00 bits per heavy atom. The number of rotatable bonds is 2. The summed E-state index contributed by atoms with van der Waals surface area (Å²) in [5.74, 6) is 0.632. The second-order valence-electron chi connectivity index (χ2n) is 3.72. The minimum atomic E-state index is -0.143. The Hall–Kier alpha value is -1.20. The SMILES string of the molecule is Cc1nc(C2CCCO2)[nH]c(=O)c1CN. The van der Waals surface area contributed by atoms with Gasteiger partial charge in [-0.25, -0.2) is 4.98 Å². The molecule has 0 aliphatic carbocycles. The molecule has 0 amide bonds. The molecule has 0 radical (unpaired) electrons. The zero-order chi connectivity index (χ0) is 10.8. The molecule has 1 unspecified atom stereocenters. The lowest BCUT2D eigenvalue weighted by Crippen LogP contribution is -2.22. The zero-order valence-corrected chi connectivity index (χ0v) is 8.75. The molecule has 82 valence electrons. The summed E-state index contributed by atoms with van der Waals surface area (Å²) in [6.07, 6.45) is 1.89. The van der Waals surface area contributed by atoms with Crippen LogP contribution in [0.4, 0.5) is 0 Å². The maximum Gasteiger partial charge on any atom is 0.255 e. The number of nitrogens with one attached hydrogen (secondary N) is 1. The van der Waals surface area contributed by atoms with Gasteiger partial charge in [-0.3, -0.25) is 4.79 Å². The van der Waals surface area contributed by atoms with Crippen molar-refractivity contribution in [2.45, 2.75) is 32.4 Å². The third kappa shape index (κ3) is 1.93. The van der Waals surface area contributed by atoms with Crippen LogP contribution < -0.4 is 11.3 Å². The van der Waals surface area contributed by atoms with Crippen molar-refractivity contribution < 1.29 is 4.74 Å². The number of nitrogens with zero attached hydrogens (tertiary/aromatic N) is 1. The third-order valence-corrected chi connectivity index (χ3v) is 2.68. The number of nitrogens with two attached hydrogens (primary N) is 1. The van der Waals surface area contributed by atoms with E-state index in [0.29, 0.717) is 17.1 Å². The lowest BCUT2D eigenvalue weighted by molar-refractivity contribution is 0.104. The maximum absolute atomic E-state index is 11.6. The van der Waals surface area contributed by atoms with Crippen LogP contribution in [0, 0.1) is 6.92 Å². The first kappa shape index (κ1) is 10.3. The van der Waals surface area contributed by atoms with Gasteiger partial charge in [0, 0.05) is 18.8 Å². The molecule has 1 aromatic rings. The summed E-state index contributed by atoms with van der Waals surface area (Å²) in [5.41, 5.74) is 6.57. The highest BCUT2D eigenvalue weighted by Gasteiger charge is 2.21. The largest absolute Gasteiger partial charge is 0.370 e. The van der Waals surface area contributed by atoms with Crippen LogP contribution in [0.15, 0.2) is 4.79 Å². The Morgan fingerprint density at radius 2 is 2.47 bits per heavy atom. The number of hydrogen-bond donors (Lipinski definition) is 2. The van der Waals surface area contributed by atoms with Crippen LogP contribution in [0.1, 0.15) is 36.0 Å². The fourth-order valence-electron chi connectivity index (χ4n) is 1.82. The van der Waals surface area contributed by atoms with E-state index in [9.17, 15) is 4.79 Å². The highest BCUT2D eigenvalue weighted by Crippen LogP contribution is 2.25. The normalized spacial score (nSPS) is 20.8. The highest BCUT2D eigenvalue weighted by molar-refractivity contribution is 5.16. The Bertz CT molecular complexity index is 408. The lowest BCUT2D eigenvalue weighted by Gasteiger charge is -2.10. The lowest BCUT2D eigenvalue weighted by atomic mass is 10.2. The van der Waals surface area contributed by atoms with Crippen molar-refractivity contribution in [2.75, 3.05) is 6.61 Å². The molecular weight excluding hydrogens is 194 g/mol. The molecule has 0 aromatic carbocycles. The number of aromatic amines is 1. The van der Waals surface area contributed by atoms with Crippen LogP contribution >= 0.6 is 0 Å². The van der Waals surface area contributed by atoms with E-state index in [2.05, 4.69) is 9.97 Å². The van der Waals surface area contributed by atoms with Crippen LogP contribution in [0.3, 0.4) is 0 Å².